The monoisotopic (exact) mass is 403 g/mol. The van der Waals surface area contributed by atoms with E-state index in [2.05, 4.69) is 30.7 Å². The molecule has 3 aromatic rings. The fourth-order valence-electron chi connectivity index (χ4n) is 3.45. The van der Waals surface area contributed by atoms with E-state index >= 15 is 0 Å². The molecule has 27 heavy (non-hydrogen) atoms. The van der Waals surface area contributed by atoms with Crippen molar-refractivity contribution >= 4 is 38.8 Å². The summed E-state index contributed by atoms with van der Waals surface area (Å²) in [5.74, 6) is 2.15. The molecule has 4 nitrogen and oxygen atoms in total. The lowest BCUT2D eigenvalue weighted by Gasteiger charge is -2.22. The highest BCUT2D eigenvalue weighted by Crippen LogP contribution is 2.42. The van der Waals surface area contributed by atoms with Gasteiger partial charge in [0, 0.05) is 23.0 Å². The molecule has 0 aliphatic rings. The molecular formula is C21H26ClN3OS. The van der Waals surface area contributed by atoms with Crippen LogP contribution in [-0.2, 0) is 0 Å². The van der Waals surface area contributed by atoms with E-state index in [1.807, 2.05) is 32.9 Å². The molecule has 6 heteroatoms. The number of ether oxygens (including phenoxy) is 1. The summed E-state index contributed by atoms with van der Waals surface area (Å²) in [6, 6.07) is 3.83. The number of fused-ring (bicyclic) bond motifs is 1. The second-order valence-corrected chi connectivity index (χ2v) is 8.47. The molecule has 2 heterocycles. The highest BCUT2D eigenvalue weighted by Gasteiger charge is 2.21. The summed E-state index contributed by atoms with van der Waals surface area (Å²) >= 11 is 7.87. The Morgan fingerprint density at radius 1 is 1.07 bits per heavy atom. The highest BCUT2D eigenvalue weighted by molar-refractivity contribution is 7.20. The minimum atomic E-state index is 0.623. The third-order valence-electron chi connectivity index (χ3n) is 4.57. The number of halogens is 1. The number of hydrogen-bond donors (Lipinski definition) is 0. The summed E-state index contributed by atoms with van der Waals surface area (Å²) in [5, 5.41) is 0.716. The van der Waals surface area contributed by atoms with Crippen molar-refractivity contribution in [3.05, 3.63) is 39.0 Å². The first-order valence-corrected chi connectivity index (χ1v) is 10.5. The van der Waals surface area contributed by atoms with Crippen molar-refractivity contribution in [2.75, 3.05) is 18.0 Å². The van der Waals surface area contributed by atoms with Crippen molar-refractivity contribution in [2.24, 2.45) is 0 Å². The van der Waals surface area contributed by atoms with Crippen molar-refractivity contribution in [3.8, 4) is 11.6 Å². The van der Waals surface area contributed by atoms with Crippen LogP contribution in [0.25, 0.3) is 10.2 Å². The van der Waals surface area contributed by atoms with Crippen LogP contribution in [-0.4, -0.2) is 23.1 Å². The van der Waals surface area contributed by atoms with E-state index in [1.54, 1.807) is 11.3 Å². The molecule has 0 aliphatic carbocycles. The van der Waals surface area contributed by atoms with Crippen LogP contribution >= 0.6 is 22.9 Å². The lowest BCUT2D eigenvalue weighted by Crippen LogP contribution is -2.23. The summed E-state index contributed by atoms with van der Waals surface area (Å²) in [4.78, 5) is 13.0. The Labute approximate surface area is 170 Å². The Balaban J connectivity index is 2.15. The van der Waals surface area contributed by atoms with Crippen molar-refractivity contribution < 1.29 is 4.74 Å². The fourth-order valence-corrected chi connectivity index (χ4v) is 4.82. The van der Waals surface area contributed by atoms with Gasteiger partial charge in [-0.25, -0.2) is 4.98 Å². The van der Waals surface area contributed by atoms with Gasteiger partial charge >= 0.3 is 0 Å². The van der Waals surface area contributed by atoms with Gasteiger partial charge in [-0.2, -0.15) is 4.98 Å². The van der Waals surface area contributed by atoms with Gasteiger partial charge in [-0.3, -0.25) is 0 Å². The molecule has 0 unspecified atom stereocenters. The number of aromatic nitrogens is 2. The van der Waals surface area contributed by atoms with Gasteiger partial charge < -0.3 is 9.64 Å². The van der Waals surface area contributed by atoms with E-state index in [-0.39, 0.29) is 0 Å². The molecule has 0 bridgehead atoms. The topological polar surface area (TPSA) is 38.2 Å². The average molecular weight is 404 g/mol. The van der Waals surface area contributed by atoms with Gasteiger partial charge in [0.1, 0.15) is 21.8 Å². The number of thiophene rings is 1. The second-order valence-electron chi connectivity index (χ2n) is 6.81. The Morgan fingerprint density at radius 3 is 2.33 bits per heavy atom. The molecule has 0 amide bonds. The van der Waals surface area contributed by atoms with Crippen LogP contribution in [0, 0.1) is 27.7 Å². The summed E-state index contributed by atoms with van der Waals surface area (Å²) in [7, 11) is 0. The van der Waals surface area contributed by atoms with Gasteiger partial charge in [0.15, 0.2) is 0 Å². The zero-order valence-corrected chi connectivity index (χ0v) is 18.4. The minimum Gasteiger partial charge on any atom is -0.437 e. The Bertz CT molecular complexity index is 960. The van der Waals surface area contributed by atoms with Crippen LogP contribution in [0.3, 0.4) is 0 Å². The van der Waals surface area contributed by atoms with Gasteiger partial charge in [0.25, 0.3) is 0 Å². The number of anilines is 1. The molecule has 0 spiro atoms. The van der Waals surface area contributed by atoms with E-state index in [0.717, 1.165) is 46.6 Å². The zero-order valence-electron chi connectivity index (χ0n) is 16.8. The van der Waals surface area contributed by atoms with Crippen molar-refractivity contribution in [2.45, 2.75) is 48.0 Å². The first-order chi connectivity index (χ1) is 12.8. The molecule has 0 saturated heterocycles. The quantitative estimate of drug-likeness (QED) is 0.464. The Kier molecular flexibility index (Phi) is 5.92. The minimum absolute atomic E-state index is 0.623. The number of benzene rings is 1. The number of hydrogen-bond acceptors (Lipinski definition) is 5. The molecule has 144 valence electrons. The summed E-state index contributed by atoms with van der Waals surface area (Å²) < 4.78 is 7.31. The normalized spacial score (nSPS) is 11.2. The van der Waals surface area contributed by atoms with Gasteiger partial charge in [-0.15, -0.1) is 11.3 Å². The fraction of sp³-hybridized carbons (Fsp3) is 0.429. The lowest BCUT2D eigenvalue weighted by atomic mass is 10.1. The van der Waals surface area contributed by atoms with Gasteiger partial charge in [0.05, 0.1) is 5.69 Å². The highest BCUT2D eigenvalue weighted by atomic mass is 35.5. The molecule has 0 fully saturated rings. The number of nitrogens with zero attached hydrogens (tertiary/aromatic N) is 3. The van der Waals surface area contributed by atoms with Crippen LogP contribution < -0.4 is 9.64 Å². The van der Waals surface area contributed by atoms with E-state index in [1.165, 1.54) is 10.6 Å². The molecule has 0 saturated carbocycles. The van der Waals surface area contributed by atoms with Crippen molar-refractivity contribution in [1.82, 2.24) is 9.97 Å². The SMILES string of the molecule is CCCN(CC)c1c(C)sc2c(Oc3c(C)cc(Cl)cc3C)nc(C)nc12. The maximum atomic E-state index is 6.31. The maximum Gasteiger partial charge on any atom is 0.240 e. The third-order valence-corrected chi connectivity index (χ3v) is 5.86. The maximum absolute atomic E-state index is 6.31. The summed E-state index contributed by atoms with van der Waals surface area (Å²) in [6.45, 7) is 14.4. The summed E-state index contributed by atoms with van der Waals surface area (Å²) in [5.41, 5.74) is 4.19. The molecule has 0 atom stereocenters. The molecule has 2 aromatic heterocycles. The van der Waals surface area contributed by atoms with Crippen molar-refractivity contribution in [1.29, 1.82) is 0 Å². The van der Waals surface area contributed by atoms with E-state index < -0.39 is 0 Å². The smallest absolute Gasteiger partial charge is 0.240 e. The summed E-state index contributed by atoms with van der Waals surface area (Å²) in [6.07, 6.45) is 1.10. The first kappa shape index (κ1) is 19.9. The molecule has 0 aliphatic heterocycles. The van der Waals surface area contributed by atoms with Crippen LogP contribution in [0.4, 0.5) is 5.69 Å². The van der Waals surface area contributed by atoms with Gasteiger partial charge in [0.2, 0.25) is 5.88 Å². The first-order valence-electron chi connectivity index (χ1n) is 9.32. The number of aryl methyl sites for hydroxylation is 4. The van der Waals surface area contributed by atoms with E-state index in [4.69, 9.17) is 21.3 Å². The van der Waals surface area contributed by atoms with E-state index in [9.17, 15) is 0 Å². The standard InChI is InChI=1S/C21H26ClN3OS/c1-7-9-25(8-2)18-14(5)27-20-17(18)23-15(6)24-21(20)26-19-12(3)10-16(22)11-13(19)4/h10-11H,7-9H2,1-6H3. The average Bonchev–Trinajstić information content (AvgIpc) is 2.91. The lowest BCUT2D eigenvalue weighted by molar-refractivity contribution is 0.460. The number of rotatable bonds is 6. The molecule has 0 radical (unpaired) electrons. The van der Waals surface area contributed by atoms with Gasteiger partial charge in [-0.1, -0.05) is 18.5 Å². The van der Waals surface area contributed by atoms with Gasteiger partial charge in [-0.05, 0) is 64.3 Å². The molecule has 3 rings (SSSR count). The van der Waals surface area contributed by atoms with Crippen molar-refractivity contribution in [3.63, 3.8) is 0 Å². The predicted octanol–water partition coefficient (Wildman–Crippen LogP) is 6.61. The second kappa shape index (κ2) is 8.03. The van der Waals surface area contributed by atoms with Crippen LogP contribution in [0.15, 0.2) is 12.1 Å². The van der Waals surface area contributed by atoms with Crippen LogP contribution in [0.1, 0.15) is 42.1 Å². The molecule has 1 aromatic carbocycles. The van der Waals surface area contributed by atoms with Crippen LogP contribution in [0.2, 0.25) is 5.02 Å². The third kappa shape index (κ3) is 3.90. The predicted molar refractivity (Wildman–Crippen MR) is 116 cm³/mol. The molecule has 0 N–H and O–H groups in total. The Hall–Kier alpha value is -1.85. The Morgan fingerprint density at radius 2 is 1.74 bits per heavy atom. The van der Waals surface area contributed by atoms with E-state index in [0.29, 0.717) is 16.7 Å². The molecular weight excluding hydrogens is 378 g/mol. The van der Waals surface area contributed by atoms with Crippen LogP contribution in [0.5, 0.6) is 11.6 Å². The largest absolute Gasteiger partial charge is 0.437 e. The zero-order chi connectivity index (χ0) is 19.7.